The predicted molar refractivity (Wildman–Crippen MR) is 82.7 cm³/mol. The molecule has 0 spiro atoms. The van der Waals surface area contributed by atoms with Crippen molar-refractivity contribution in [2.24, 2.45) is 0 Å². The van der Waals surface area contributed by atoms with E-state index in [4.69, 9.17) is 4.74 Å². The monoisotopic (exact) mass is 288 g/mol. The predicted octanol–water partition coefficient (Wildman–Crippen LogP) is 1.82. The molecule has 0 saturated carbocycles. The number of nitrogens with zero attached hydrogens (tertiary/aromatic N) is 1. The summed E-state index contributed by atoms with van der Waals surface area (Å²) in [6, 6.07) is 4.63. The van der Waals surface area contributed by atoms with Gasteiger partial charge in [0.25, 0.3) is 5.91 Å². The Kier molecular flexibility index (Phi) is 3.89. The van der Waals surface area contributed by atoms with Gasteiger partial charge in [-0.2, -0.15) is 0 Å². The van der Waals surface area contributed by atoms with Crippen LogP contribution < -0.4 is 10.1 Å². The molecule has 1 aromatic rings. The fraction of sp³-hybridized carbons (Fsp3) is 0.588. The van der Waals surface area contributed by atoms with Gasteiger partial charge in [-0.1, -0.05) is 6.07 Å². The number of likely N-dealkylation sites (N-methyl/N-ethyl adjacent to an activating group) is 1. The SMILES string of the molecule is CNC1CCCN(C(=O)C2Cc3cc(C)c(C)cc3O2)C1. The van der Waals surface area contributed by atoms with E-state index in [1.165, 1.54) is 16.7 Å². The molecule has 4 heteroatoms. The largest absolute Gasteiger partial charge is 0.480 e. The molecular formula is C17H24N2O2. The summed E-state index contributed by atoms with van der Waals surface area (Å²) in [5.41, 5.74) is 3.65. The molecule has 0 radical (unpaired) electrons. The third-order valence-corrected chi connectivity index (χ3v) is 4.77. The van der Waals surface area contributed by atoms with E-state index in [1.807, 2.05) is 11.9 Å². The van der Waals surface area contributed by atoms with Crippen molar-refractivity contribution in [3.63, 3.8) is 0 Å². The summed E-state index contributed by atoms with van der Waals surface area (Å²) in [5.74, 6) is 1.03. The zero-order chi connectivity index (χ0) is 15.0. The van der Waals surface area contributed by atoms with E-state index in [-0.39, 0.29) is 12.0 Å². The van der Waals surface area contributed by atoms with Crippen LogP contribution in [0.15, 0.2) is 12.1 Å². The first kappa shape index (κ1) is 14.4. The molecule has 1 N–H and O–H groups in total. The summed E-state index contributed by atoms with van der Waals surface area (Å²) in [6.45, 7) is 5.83. The lowest BCUT2D eigenvalue weighted by Gasteiger charge is -2.33. The Morgan fingerprint density at radius 3 is 2.86 bits per heavy atom. The Labute approximate surface area is 126 Å². The molecule has 1 amide bonds. The molecule has 2 atom stereocenters. The number of ether oxygens (including phenoxy) is 1. The zero-order valence-corrected chi connectivity index (χ0v) is 13.1. The number of rotatable bonds is 2. The number of piperidine rings is 1. The highest BCUT2D eigenvalue weighted by molar-refractivity contribution is 5.83. The molecule has 21 heavy (non-hydrogen) atoms. The molecule has 0 aliphatic carbocycles. The van der Waals surface area contributed by atoms with Crippen LogP contribution in [0.4, 0.5) is 0 Å². The highest BCUT2D eigenvalue weighted by atomic mass is 16.5. The number of hydrogen-bond acceptors (Lipinski definition) is 3. The van der Waals surface area contributed by atoms with Crippen molar-refractivity contribution >= 4 is 5.91 Å². The molecule has 2 heterocycles. The Balaban J connectivity index is 1.70. The van der Waals surface area contributed by atoms with Crippen molar-refractivity contribution in [2.75, 3.05) is 20.1 Å². The van der Waals surface area contributed by atoms with Gasteiger partial charge in [0.2, 0.25) is 0 Å². The van der Waals surface area contributed by atoms with E-state index < -0.39 is 0 Å². The van der Waals surface area contributed by atoms with Crippen molar-refractivity contribution < 1.29 is 9.53 Å². The van der Waals surface area contributed by atoms with Crippen LogP contribution >= 0.6 is 0 Å². The Morgan fingerprint density at radius 1 is 1.33 bits per heavy atom. The van der Waals surface area contributed by atoms with E-state index in [0.717, 1.165) is 31.7 Å². The highest BCUT2D eigenvalue weighted by Gasteiger charge is 2.34. The molecule has 0 bridgehead atoms. The lowest BCUT2D eigenvalue weighted by Crippen LogP contribution is -2.50. The minimum atomic E-state index is -0.336. The van der Waals surface area contributed by atoms with Crippen molar-refractivity contribution in [2.45, 2.75) is 45.3 Å². The smallest absolute Gasteiger partial charge is 0.264 e. The van der Waals surface area contributed by atoms with Crippen LogP contribution in [0.5, 0.6) is 5.75 Å². The fourth-order valence-corrected chi connectivity index (χ4v) is 3.27. The third-order valence-electron chi connectivity index (χ3n) is 4.77. The maximum absolute atomic E-state index is 12.7. The molecule has 1 aromatic carbocycles. The van der Waals surface area contributed by atoms with Gasteiger partial charge >= 0.3 is 0 Å². The van der Waals surface area contributed by atoms with E-state index >= 15 is 0 Å². The number of hydrogen-bond donors (Lipinski definition) is 1. The second-order valence-corrected chi connectivity index (χ2v) is 6.27. The summed E-state index contributed by atoms with van der Waals surface area (Å²) in [4.78, 5) is 14.6. The van der Waals surface area contributed by atoms with Gasteiger partial charge in [0.15, 0.2) is 6.10 Å². The van der Waals surface area contributed by atoms with Crippen LogP contribution in [0.1, 0.15) is 29.5 Å². The van der Waals surface area contributed by atoms with Gasteiger partial charge in [0, 0.05) is 25.6 Å². The molecule has 2 aliphatic heterocycles. The summed E-state index contributed by atoms with van der Waals surface area (Å²) in [7, 11) is 1.96. The fourth-order valence-electron chi connectivity index (χ4n) is 3.27. The Bertz CT molecular complexity index is 525. The molecule has 4 nitrogen and oxygen atoms in total. The Hall–Kier alpha value is -1.55. The van der Waals surface area contributed by atoms with E-state index in [9.17, 15) is 4.79 Å². The summed E-state index contributed by atoms with van der Waals surface area (Å²) >= 11 is 0. The number of likely N-dealkylation sites (tertiary alicyclic amines) is 1. The van der Waals surface area contributed by atoms with E-state index in [1.54, 1.807) is 0 Å². The van der Waals surface area contributed by atoms with Crippen LogP contribution in [0.3, 0.4) is 0 Å². The first-order chi connectivity index (χ1) is 10.1. The third kappa shape index (κ3) is 2.77. The van der Waals surface area contributed by atoms with Crippen molar-refractivity contribution in [1.82, 2.24) is 10.2 Å². The average molecular weight is 288 g/mol. The van der Waals surface area contributed by atoms with Crippen LogP contribution in [-0.4, -0.2) is 43.1 Å². The first-order valence-corrected chi connectivity index (χ1v) is 7.81. The summed E-state index contributed by atoms with van der Waals surface area (Å²) in [5, 5.41) is 3.28. The van der Waals surface area contributed by atoms with E-state index in [2.05, 4.69) is 31.3 Å². The number of carbonyl (C=O) groups excluding carboxylic acids is 1. The number of amides is 1. The van der Waals surface area contributed by atoms with Gasteiger partial charge < -0.3 is 15.0 Å². The van der Waals surface area contributed by atoms with Crippen LogP contribution in [0, 0.1) is 13.8 Å². The standard InChI is InChI=1S/C17H24N2O2/c1-11-7-13-9-16(21-15(13)8-12(11)2)17(20)19-6-4-5-14(10-19)18-3/h7-8,14,16,18H,4-6,9-10H2,1-3H3. The van der Waals surface area contributed by atoms with Gasteiger partial charge in [0.1, 0.15) is 5.75 Å². The van der Waals surface area contributed by atoms with Gasteiger partial charge in [-0.05, 0) is 56.5 Å². The van der Waals surface area contributed by atoms with Gasteiger partial charge in [-0.15, -0.1) is 0 Å². The van der Waals surface area contributed by atoms with Crippen molar-refractivity contribution in [3.05, 3.63) is 28.8 Å². The topological polar surface area (TPSA) is 41.6 Å². The lowest BCUT2D eigenvalue weighted by atomic mass is 10.0. The van der Waals surface area contributed by atoms with Crippen LogP contribution in [0.2, 0.25) is 0 Å². The van der Waals surface area contributed by atoms with Gasteiger partial charge in [0.05, 0.1) is 0 Å². The van der Waals surface area contributed by atoms with Crippen LogP contribution in [-0.2, 0) is 11.2 Å². The zero-order valence-electron chi connectivity index (χ0n) is 13.1. The van der Waals surface area contributed by atoms with Gasteiger partial charge in [-0.25, -0.2) is 0 Å². The second-order valence-electron chi connectivity index (χ2n) is 6.27. The van der Waals surface area contributed by atoms with Crippen molar-refractivity contribution in [1.29, 1.82) is 0 Å². The molecule has 3 rings (SSSR count). The maximum atomic E-state index is 12.7. The maximum Gasteiger partial charge on any atom is 0.264 e. The minimum absolute atomic E-state index is 0.140. The molecule has 1 fully saturated rings. The summed E-state index contributed by atoms with van der Waals surface area (Å²) in [6.07, 6.45) is 2.58. The lowest BCUT2D eigenvalue weighted by molar-refractivity contribution is -0.139. The molecule has 2 aliphatic rings. The second kappa shape index (κ2) is 5.68. The number of nitrogens with one attached hydrogen (secondary N) is 1. The average Bonchev–Trinajstić information content (AvgIpc) is 2.89. The van der Waals surface area contributed by atoms with Crippen LogP contribution in [0.25, 0.3) is 0 Å². The summed E-state index contributed by atoms with van der Waals surface area (Å²) < 4.78 is 5.92. The minimum Gasteiger partial charge on any atom is -0.480 e. The van der Waals surface area contributed by atoms with Crippen molar-refractivity contribution in [3.8, 4) is 5.75 Å². The molecule has 0 aromatic heterocycles. The molecule has 1 saturated heterocycles. The molecule has 2 unspecified atom stereocenters. The normalized spacial score (nSPS) is 24.6. The molecule has 114 valence electrons. The first-order valence-electron chi connectivity index (χ1n) is 7.81. The Morgan fingerprint density at radius 2 is 2.10 bits per heavy atom. The quantitative estimate of drug-likeness (QED) is 0.902. The number of aryl methyl sites for hydroxylation is 2. The highest BCUT2D eigenvalue weighted by Crippen LogP contribution is 2.32. The number of carbonyl (C=O) groups is 1. The molecular weight excluding hydrogens is 264 g/mol. The van der Waals surface area contributed by atoms with E-state index in [0.29, 0.717) is 12.5 Å². The number of benzene rings is 1. The number of fused-ring (bicyclic) bond motifs is 1. The van der Waals surface area contributed by atoms with Gasteiger partial charge in [-0.3, -0.25) is 4.79 Å².